The Morgan fingerprint density at radius 3 is 3.09 bits per heavy atom. The number of piperidine rings is 1. The molecule has 0 saturated carbocycles. The van der Waals surface area contributed by atoms with Crippen molar-refractivity contribution in [2.45, 2.75) is 24.9 Å². The van der Waals surface area contributed by atoms with Crippen molar-refractivity contribution in [3.8, 4) is 11.5 Å². The minimum absolute atomic E-state index is 0.161. The molecule has 3 heterocycles. The van der Waals surface area contributed by atoms with Gasteiger partial charge in [0.15, 0.2) is 11.5 Å². The lowest BCUT2D eigenvalue weighted by molar-refractivity contribution is -0.132. The zero-order valence-electron chi connectivity index (χ0n) is 13.0. The molecule has 6 heteroatoms. The van der Waals surface area contributed by atoms with Crippen molar-refractivity contribution in [3.05, 3.63) is 36.4 Å². The number of nitrogens with zero attached hydrogens (tertiary/aromatic N) is 1. The van der Waals surface area contributed by atoms with Gasteiger partial charge in [-0.25, -0.2) is 5.43 Å². The van der Waals surface area contributed by atoms with E-state index in [-0.39, 0.29) is 18.7 Å². The SMILES string of the molecule is C=CCC(=O)N1CCC2NNC(c3ccc4c(c3)OCO4)C2C1. The van der Waals surface area contributed by atoms with Crippen LogP contribution in [0.2, 0.25) is 0 Å². The van der Waals surface area contributed by atoms with Crippen LogP contribution in [-0.4, -0.2) is 36.7 Å². The highest BCUT2D eigenvalue weighted by Gasteiger charge is 2.41. The highest BCUT2D eigenvalue weighted by molar-refractivity contribution is 5.77. The summed E-state index contributed by atoms with van der Waals surface area (Å²) in [6.45, 7) is 5.50. The van der Waals surface area contributed by atoms with Crippen LogP contribution in [0.3, 0.4) is 0 Å². The highest BCUT2D eigenvalue weighted by atomic mass is 16.7. The van der Waals surface area contributed by atoms with Gasteiger partial charge in [-0.2, -0.15) is 0 Å². The summed E-state index contributed by atoms with van der Waals surface area (Å²) in [6.07, 6.45) is 3.05. The van der Waals surface area contributed by atoms with Crippen LogP contribution in [0.5, 0.6) is 11.5 Å². The lowest BCUT2D eigenvalue weighted by Crippen LogP contribution is -2.47. The largest absolute Gasteiger partial charge is 0.454 e. The van der Waals surface area contributed by atoms with E-state index >= 15 is 0 Å². The third kappa shape index (κ3) is 2.58. The van der Waals surface area contributed by atoms with Crippen LogP contribution in [0.1, 0.15) is 24.4 Å². The third-order valence-electron chi connectivity index (χ3n) is 4.94. The zero-order chi connectivity index (χ0) is 15.8. The standard InChI is InChI=1S/C17H21N3O3/c1-2-3-16(21)20-7-6-13-12(9-20)17(19-18-13)11-4-5-14-15(8-11)23-10-22-14/h2,4-5,8,12-13,17-19H,1,3,6-7,9-10H2. The maximum Gasteiger partial charge on any atom is 0.231 e. The molecule has 3 unspecified atom stereocenters. The Balaban J connectivity index is 1.53. The average molecular weight is 315 g/mol. The van der Waals surface area contributed by atoms with Crippen molar-refractivity contribution < 1.29 is 14.3 Å². The molecule has 0 bridgehead atoms. The number of hydrogen-bond acceptors (Lipinski definition) is 5. The lowest BCUT2D eigenvalue weighted by Gasteiger charge is -2.36. The van der Waals surface area contributed by atoms with E-state index in [2.05, 4.69) is 23.5 Å². The number of benzene rings is 1. The predicted octanol–water partition coefficient (Wildman–Crippen LogP) is 1.36. The number of amides is 1. The van der Waals surface area contributed by atoms with Crippen LogP contribution in [0.4, 0.5) is 0 Å². The summed E-state index contributed by atoms with van der Waals surface area (Å²) in [7, 11) is 0. The molecule has 1 aromatic carbocycles. The van der Waals surface area contributed by atoms with E-state index in [1.165, 1.54) is 0 Å². The minimum atomic E-state index is 0.161. The van der Waals surface area contributed by atoms with Gasteiger partial charge in [0.05, 0.1) is 6.04 Å². The Morgan fingerprint density at radius 2 is 2.22 bits per heavy atom. The summed E-state index contributed by atoms with van der Waals surface area (Å²) in [6, 6.07) is 6.61. The van der Waals surface area contributed by atoms with Gasteiger partial charge in [0.25, 0.3) is 0 Å². The molecule has 0 aliphatic carbocycles. The topological polar surface area (TPSA) is 62.8 Å². The summed E-state index contributed by atoms with van der Waals surface area (Å²) in [5.74, 6) is 2.10. The van der Waals surface area contributed by atoms with E-state index in [1.807, 2.05) is 17.0 Å². The maximum absolute atomic E-state index is 12.2. The molecule has 0 radical (unpaired) electrons. The fourth-order valence-corrected chi connectivity index (χ4v) is 3.72. The minimum Gasteiger partial charge on any atom is -0.454 e. The van der Waals surface area contributed by atoms with Gasteiger partial charge in [-0.3, -0.25) is 10.2 Å². The van der Waals surface area contributed by atoms with Crippen LogP contribution in [0.25, 0.3) is 0 Å². The molecule has 4 rings (SSSR count). The fraction of sp³-hybridized carbons (Fsp3) is 0.471. The Labute approximate surface area is 135 Å². The summed E-state index contributed by atoms with van der Waals surface area (Å²) in [5.41, 5.74) is 7.94. The molecule has 2 N–H and O–H groups in total. The van der Waals surface area contributed by atoms with E-state index in [4.69, 9.17) is 9.47 Å². The molecule has 0 spiro atoms. The maximum atomic E-state index is 12.2. The number of hydrogen-bond donors (Lipinski definition) is 2. The molecule has 23 heavy (non-hydrogen) atoms. The number of carbonyl (C=O) groups excluding carboxylic acids is 1. The second kappa shape index (κ2) is 5.86. The molecule has 122 valence electrons. The summed E-state index contributed by atoms with van der Waals surface area (Å²) in [4.78, 5) is 14.1. The Kier molecular flexibility index (Phi) is 3.71. The monoisotopic (exact) mass is 315 g/mol. The van der Waals surface area contributed by atoms with Crippen LogP contribution < -0.4 is 20.3 Å². The molecule has 6 nitrogen and oxygen atoms in total. The zero-order valence-corrected chi connectivity index (χ0v) is 13.0. The number of ether oxygens (including phenoxy) is 2. The summed E-state index contributed by atoms with van der Waals surface area (Å²) in [5, 5.41) is 0. The number of nitrogens with one attached hydrogen (secondary N) is 2. The van der Waals surface area contributed by atoms with E-state index in [9.17, 15) is 4.79 Å². The molecule has 3 aliphatic rings. The molecule has 2 fully saturated rings. The average Bonchev–Trinajstić information content (AvgIpc) is 3.20. The number of carbonyl (C=O) groups is 1. The quantitative estimate of drug-likeness (QED) is 0.825. The lowest BCUT2D eigenvalue weighted by atomic mass is 9.85. The molecule has 1 amide bonds. The smallest absolute Gasteiger partial charge is 0.231 e. The molecular formula is C17H21N3O3. The van der Waals surface area contributed by atoms with Crippen molar-refractivity contribution in [2.24, 2.45) is 5.92 Å². The van der Waals surface area contributed by atoms with Crippen molar-refractivity contribution in [1.29, 1.82) is 0 Å². The molecule has 3 atom stereocenters. The molecule has 1 aromatic rings. The van der Waals surface area contributed by atoms with Crippen LogP contribution >= 0.6 is 0 Å². The number of fused-ring (bicyclic) bond motifs is 2. The van der Waals surface area contributed by atoms with Gasteiger partial charge in [0.2, 0.25) is 12.7 Å². The first kappa shape index (κ1) is 14.5. The van der Waals surface area contributed by atoms with E-state index in [0.717, 1.165) is 36.6 Å². The van der Waals surface area contributed by atoms with Gasteiger partial charge in [0.1, 0.15) is 0 Å². The molecule has 3 aliphatic heterocycles. The van der Waals surface area contributed by atoms with Crippen molar-refractivity contribution >= 4 is 5.91 Å². The van der Waals surface area contributed by atoms with E-state index in [0.29, 0.717) is 18.4 Å². The van der Waals surface area contributed by atoms with Gasteiger partial charge < -0.3 is 14.4 Å². The van der Waals surface area contributed by atoms with Crippen LogP contribution in [-0.2, 0) is 4.79 Å². The molecule has 0 aromatic heterocycles. The second-order valence-corrected chi connectivity index (χ2v) is 6.27. The van der Waals surface area contributed by atoms with Crippen molar-refractivity contribution in [3.63, 3.8) is 0 Å². The van der Waals surface area contributed by atoms with Gasteiger partial charge in [0, 0.05) is 31.5 Å². The summed E-state index contributed by atoms with van der Waals surface area (Å²) >= 11 is 0. The Hall–Kier alpha value is -2.05. The summed E-state index contributed by atoms with van der Waals surface area (Å²) < 4.78 is 10.9. The first-order chi connectivity index (χ1) is 11.3. The third-order valence-corrected chi connectivity index (χ3v) is 4.94. The molecular weight excluding hydrogens is 294 g/mol. The van der Waals surface area contributed by atoms with Crippen LogP contribution in [0.15, 0.2) is 30.9 Å². The van der Waals surface area contributed by atoms with Gasteiger partial charge in [-0.05, 0) is 24.1 Å². The number of rotatable bonds is 3. The van der Waals surface area contributed by atoms with E-state index in [1.54, 1.807) is 6.08 Å². The highest BCUT2D eigenvalue weighted by Crippen LogP contribution is 2.39. The van der Waals surface area contributed by atoms with Gasteiger partial charge in [-0.15, -0.1) is 6.58 Å². The first-order valence-electron chi connectivity index (χ1n) is 8.05. The second-order valence-electron chi connectivity index (χ2n) is 6.27. The predicted molar refractivity (Wildman–Crippen MR) is 84.9 cm³/mol. The van der Waals surface area contributed by atoms with Gasteiger partial charge in [-0.1, -0.05) is 12.1 Å². The number of hydrazine groups is 1. The van der Waals surface area contributed by atoms with E-state index < -0.39 is 0 Å². The number of likely N-dealkylation sites (tertiary alicyclic amines) is 1. The fourth-order valence-electron chi connectivity index (χ4n) is 3.72. The van der Waals surface area contributed by atoms with Crippen molar-refractivity contribution in [2.75, 3.05) is 19.9 Å². The van der Waals surface area contributed by atoms with Gasteiger partial charge >= 0.3 is 0 Å². The van der Waals surface area contributed by atoms with Crippen molar-refractivity contribution in [1.82, 2.24) is 15.8 Å². The first-order valence-corrected chi connectivity index (χ1v) is 8.05. The molecule has 2 saturated heterocycles. The van der Waals surface area contributed by atoms with Crippen LogP contribution in [0, 0.1) is 5.92 Å². The Bertz CT molecular complexity index is 634. The Morgan fingerprint density at radius 1 is 1.35 bits per heavy atom. The normalized spacial score (nSPS) is 28.5.